The summed E-state index contributed by atoms with van der Waals surface area (Å²) in [5.41, 5.74) is 4.53. The molecule has 0 spiro atoms. The Balaban J connectivity index is 1.90. The SMILES string of the molecule is CCOC(=O)C1=Cc2c([nH]c3ccccc23)C(c2cccnc2)N1. The Bertz CT molecular complexity index is 928. The number of rotatable bonds is 3. The Morgan fingerprint density at radius 2 is 2.12 bits per heavy atom. The van der Waals surface area contributed by atoms with Crippen LogP contribution < -0.4 is 5.32 Å². The molecule has 2 N–H and O–H groups in total. The van der Waals surface area contributed by atoms with Crippen LogP contribution in [-0.4, -0.2) is 22.5 Å². The summed E-state index contributed by atoms with van der Waals surface area (Å²) < 4.78 is 5.17. The van der Waals surface area contributed by atoms with Crippen molar-refractivity contribution in [3.8, 4) is 0 Å². The van der Waals surface area contributed by atoms with Gasteiger partial charge >= 0.3 is 5.97 Å². The van der Waals surface area contributed by atoms with Crippen molar-refractivity contribution in [1.29, 1.82) is 0 Å². The first-order valence-corrected chi connectivity index (χ1v) is 7.94. The number of fused-ring (bicyclic) bond motifs is 3. The van der Waals surface area contributed by atoms with Crippen molar-refractivity contribution < 1.29 is 9.53 Å². The number of ether oxygens (including phenoxy) is 1. The molecule has 1 aliphatic heterocycles. The zero-order chi connectivity index (χ0) is 16.5. The summed E-state index contributed by atoms with van der Waals surface area (Å²) in [6, 6.07) is 11.8. The lowest BCUT2D eigenvalue weighted by Gasteiger charge is -2.25. The van der Waals surface area contributed by atoms with E-state index in [0.717, 1.165) is 27.7 Å². The molecule has 5 nitrogen and oxygen atoms in total. The van der Waals surface area contributed by atoms with E-state index < -0.39 is 0 Å². The quantitative estimate of drug-likeness (QED) is 0.728. The fourth-order valence-electron chi connectivity index (χ4n) is 3.10. The number of carbonyl (C=O) groups excluding carboxylic acids is 1. The van der Waals surface area contributed by atoms with Crippen molar-refractivity contribution in [3.63, 3.8) is 0 Å². The van der Waals surface area contributed by atoms with E-state index in [1.807, 2.05) is 36.4 Å². The number of benzene rings is 1. The first-order valence-electron chi connectivity index (χ1n) is 7.94. The number of aromatic nitrogens is 2. The summed E-state index contributed by atoms with van der Waals surface area (Å²) in [4.78, 5) is 19.9. The lowest BCUT2D eigenvalue weighted by Crippen LogP contribution is -2.30. The Hall–Kier alpha value is -3.08. The Labute approximate surface area is 139 Å². The summed E-state index contributed by atoms with van der Waals surface area (Å²) >= 11 is 0. The summed E-state index contributed by atoms with van der Waals surface area (Å²) in [5.74, 6) is -0.345. The zero-order valence-electron chi connectivity index (χ0n) is 13.2. The molecule has 1 atom stereocenters. The van der Waals surface area contributed by atoms with Gasteiger partial charge in [-0.25, -0.2) is 4.79 Å². The van der Waals surface area contributed by atoms with Crippen LogP contribution in [0.1, 0.15) is 29.8 Å². The van der Waals surface area contributed by atoms with Gasteiger partial charge in [0.25, 0.3) is 0 Å². The Morgan fingerprint density at radius 3 is 2.92 bits per heavy atom. The van der Waals surface area contributed by atoms with Gasteiger partial charge in [-0.15, -0.1) is 0 Å². The van der Waals surface area contributed by atoms with Gasteiger partial charge in [0.05, 0.1) is 18.3 Å². The highest BCUT2D eigenvalue weighted by atomic mass is 16.5. The topological polar surface area (TPSA) is 67.0 Å². The molecule has 5 heteroatoms. The summed E-state index contributed by atoms with van der Waals surface area (Å²) in [6.07, 6.45) is 5.40. The number of carbonyl (C=O) groups is 1. The maximum atomic E-state index is 12.3. The van der Waals surface area contributed by atoms with Gasteiger partial charge in [0.2, 0.25) is 0 Å². The molecule has 3 heterocycles. The molecule has 0 radical (unpaired) electrons. The molecule has 4 rings (SSSR count). The van der Waals surface area contributed by atoms with E-state index >= 15 is 0 Å². The maximum Gasteiger partial charge on any atom is 0.354 e. The van der Waals surface area contributed by atoms with Crippen LogP contribution in [0.4, 0.5) is 0 Å². The molecule has 0 fully saturated rings. The van der Waals surface area contributed by atoms with Crippen LogP contribution in [0.3, 0.4) is 0 Å². The van der Waals surface area contributed by atoms with E-state index in [9.17, 15) is 4.79 Å². The first-order chi connectivity index (χ1) is 11.8. The van der Waals surface area contributed by atoms with E-state index in [-0.39, 0.29) is 12.0 Å². The Kier molecular flexibility index (Phi) is 3.54. The number of nitrogens with one attached hydrogen (secondary N) is 2. The average Bonchev–Trinajstić information content (AvgIpc) is 3.00. The van der Waals surface area contributed by atoms with Crippen molar-refractivity contribution in [2.24, 2.45) is 0 Å². The normalized spacial score (nSPS) is 16.2. The largest absolute Gasteiger partial charge is 0.461 e. The second kappa shape index (κ2) is 5.85. The van der Waals surface area contributed by atoms with E-state index in [0.29, 0.717) is 12.3 Å². The van der Waals surface area contributed by atoms with Gasteiger partial charge in [-0.3, -0.25) is 4.98 Å². The maximum absolute atomic E-state index is 12.3. The standard InChI is InChI=1S/C19H17N3O2/c1-2-24-19(23)16-10-14-13-7-3-4-8-15(13)21-18(14)17(22-16)12-6-5-9-20-11-12/h3-11,17,21-22H,2H2,1H3. The lowest BCUT2D eigenvalue weighted by molar-refractivity contribution is -0.138. The molecule has 24 heavy (non-hydrogen) atoms. The number of nitrogens with zero attached hydrogens (tertiary/aromatic N) is 1. The fraction of sp³-hybridized carbons (Fsp3) is 0.158. The smallest absolute Gasteiger partial charge is 0.354 e. The minimum Gasteiger partial charge on any atom is -0.461 e. The first kappa shape index (κ1) is 14.5. The number of hydrogen-bond donors (Lipinski definition) is 2. The molecule has 0 bridgehead atoms. The molecular formula is C19H17N3O2. The molecule has 0 amide bonds. The van der Waals surface area contributed by atoms with Gasteiger partial charge in [-0.05, 0) is 30.7 Å². The third-order valence-corrected chi connectivity index (χ3v) is 4.17. The molecule has 3 aromatic rings. The number of aromatic amines is 1. The number of H-pyrrole nitrogens is 1. The predicted molar refractivity (Wildman–Crippen MR) is 92.1 cm³/mol. The number of esters is 1. The highest BCUT2D eigenvalue weighted by Crippen LogP contribution is 2.35. The van der Waals surface area contributed by atoms with Gasteiger partial charge in [-0.1, -0.05) is 24.3 Å². The van der Waals surface area contributed by atoms with E-state index in [1.54, 1.807) is 19.3 Å². The van der Waals surface area contributed by atoms with Crippen molar-refractivity contribution in [1.82, 2.24) is 15.3 Å². The minimum absolute atomic E-state index is 0.175. The van der Waals surface area contributed by atoms with Crippen molar-refractivity contribution in [2.75, 3.05) is 6.61 Å². The van der Waals surface area contributed by atoms with Gasteiger partial charge in [-0.2, -0.15) is 0 Å². The predicted octanol–water partition coefficient (Wildman–Crippen LogP) is 3.16. The van der Waals surface area contributed by atoms with Gasteiger partial charge in [0, 0.05) is 28.9 Å². The molecule has 0 aliphatic carbocycles. The molecule has 120 valence electrons. The highest BCUT2D eigenvalue weighted by molar-refractivity contribution is 6.00. The van der Waals surface area contributed by atoms with E-state index in [1.165, 1.54) is 0 Å². The second-order valence-corrected chi connectivity index (χ2v) is 5.64. The van der Waals surface area contributed by atoms with E-state index in [4.69, 9.17) is 4.74 Å². The zero-order valence-corrected chi connectivity index (χ0v) is 13.2. The third kappa shape index (κ3) is 2.34. The molecule has 2 aromatic heterocycles. The van der Waals surface area contributed by atoms with Crippen molar-refractivity contribution in [3.05, 3.63) is 71.3 Å². The van der Waals surface area contributed by atoms with Gasteiger partial charge in [0.1, 0.15) is 5.70 Å². The minimum atomic E-state index is -0.345. The summed E-state index contributed by atoms with van der Waals surface area (Å²) in [6.45, 7) is 2.15. The van der Waals surface area contributed by atoms with Crippen LogP contribution in [0.25, 0.3) is 17.0 Å². The van der Waals surface area contributed by atoms with Crippen LogP contribution in [0.2, 0.25) is 0 Å². The molecule has 0 saturated carbocycles. The molecule has 1 aromatic carbocycles. The molecule has 1 aliphatic rings. The van der Waals surface area contributed by atoms with E-state index in [2.05, 4.69) is 21.4 Å². The van der Waals surface area contributed by atoms with Crippen molar-refractivity contribution >= 4 is 22.9 Å². The Morgan fingerprint density at radius 1 is 1.25 bits per heavy atom. The lowest BCUT2D eigenvalue weighted by atomic mass is 9.96. The van der Waals surface area contributed by atoms with Crippen LogP contribution >= 0.6 is 0 Å². The van der Waals surface area contributed by atoms with Crippen molar-refractivity contribution in [2.45, 2.75) is 13.0 Å². The third-order valence-electron chi connectivity index (χ3n) is 4.17. The van der Waals surface area contributed by atoms with Crippen LogP contribution in [0.15, 0.2) is 54.5 Å². The van der Waals surface area contributed by atoms with Crippen LogP contribution in [0, 0.1) is 0 Å². The fourth-order valence-corrected chi connectivity index (χ4v) is 3.10. The monoisotopic (exact) mass is 319 g/mol. The summed E-state index contributed by atoms with van der Waals surface area (Å²) in [7, 11) is 0. The summed E-state index contributed by atoms with van der Waals surface area (Å²) in [5, 5.41) is 4.37. The van der Waals surface area contributed by atoms with Gasteiger partial charge in [0.15, 0.2) is 0 Å². The van der Waals surface area contributed by atoms with Crippen LogP contribution in [0.5, 0.6) is 0 Å². The number of hydrogen-bond acceptors (Lipinski definition) is 4. The average molecular weight is 319 g/mol. The molecule has 0 saturated heterocycles. The second-order valence-electron chi connectivity index (χ2n) is 5.64. The highest BCUT2D eigenvalue weighted by Gasteiger charge is 2.28. The number of para-hydroxylation sites is 1. The number of pyridine rings is 1. The van der Waals surface area contributed by atoms with Gasteiger partial charge < -0.3 is 15.0 Å². The molecular weight excluding hydrogens is 302 g/mol. The van der Waals surface area contributed by atoms with Crippen LogP contribution in [-0.2, 0) is 9.53 Å². The molecule has 1 unspecified atom stereocenters.